The molecule has 2 heterocycles. The first-order valence-corrected chi connectivity index (χ1v) is 6.39. The Hall–Kier alpha value is -3.20. The zero-order valence-electron chi connectivity index (χ0n) is 11.4. The lowest BCUT2D eigenvalue weighted by Gasteiger charge is -2.06. The van der Waals surface area contributed by atoms with Crippen LogP contribution in [0.25, 0.3) is 5.69 Å². The molecule has 6 heteroatoms. The predicted molar refractivity (Wildman–Crippen MR) is 78.3 cm³/mol. The van der Waals surface area contributed by atoms with Crippen molar-refractivity contribution in [1.82, 2.24) is 20.0 Å². The molecule has 0 spiro atoms. The fourth-order valence-electron chi connectivity index (χ4n) is 1.96. The molecule has 21 heavy (non-hydrogen) atoms. The van der Waals surface area contributed by atoms with E-state index in [-0.39, 0.29) is 5.69 Å². The lowest BCUT2D eigenvalue weighted by molar-refractivity contribution is 0.847. The zero-order valence-corrected chi connectivity index (χ0v) is 11.4. The Morgan fingerprint density at radius 1 is 1.10 bits per heavy atom. The van der Waals surface area contributed by atoms with Crippen molar-refractivity contribution in [3.63, 3.8) is 0 Å². The van der Waals surface area contributed by atoms with Crippen LogP contribution in [-0.4, -0.2) is 20.0 Å². The molecule has 0 atom stereocenters. The summed E-state index contributed by atoms with van der Waals surface area (Å²) in [6.45, 7) is 1.97. The third kappa shape index (κ3) is 2.58. The number of benzene rings is 1. The normalized spacial score (nSPS) is 10.1. The van der Waals surface area contributed by atoms with Gasteiger partial charge in [0, 0.05) is 0 Å². The van der Waals surface area contributed by atoms with Gasteiger partial charge in [0.2, 0.25) is 0 Å². The van der Waals surface area contributed by atoms with Crippen LogP contribution < -0.4 is 5.32 Å². The van der Waals surface area contributed by atoms with Crippen molar-refractivity contribution in [2.24, 2.45) is 0 Å². The summed E-state index contributed by atoms with van der Waals surface area (Å²) < 4.78 is 1.85. The minimum atomic E-state index is 0.289. The quantitative estimate of drug-likeness (QED) is 0.795. The molecule has 1 N–H and O–H groups in total. The Morgan fingerprint density at radius 3 is 2.57 bits per heavy atom. The third-order valence-electron chi connectivity index (χ3n) is 3.05. The summed E-state index contributed by atoms with van der Waals surface area (Å²) in [5, 5.41) is 24.0. The molecule has 102 valence electrons. The minimum absolute atomic E-state index is 0.289. The number of nitriles is 1. The van der Waals surface area contributed by atoms with E-state index in [1.54, 1.807) is 18.3 Å². The summed E-state index contributed by atoms with van der Waals surface area (Å²) in [7, 11) is 0. The van der Waals surface area contributed by atoms with E-state index in [0.717, 1.165) is 17.1 Å². The van der Waals surface area contributed by atoms with Crippen LogP contribution in [0.2, 0.25) is 0 Å². The van der Waals surface area contributed by atoms with Gasteiger partial charge >= 0.3 is 0 Å². The fourth-order valence-corrected chi connectivity index (χ4v) is 1.96. The van der Waals surface area contributed by atoms with Crippen LogP contribution in [0.5, 0.6) is 0 Å². The van der Waals surface area contributed by atoms with Gasteiger partial charge in [0.15, 0.2) is 11.5 Å². The molecule has 0 unspecified atom stereocenters. The largest absolute Gasteiger partial charge is 0.336 e. The van der Waals surface area contributed by atoms with E-state index in [1.165, 1.54) is 0 Å². The van der Waals surface area contributed by atoms with Gasteiger partial charge < -0.3 is 5.32 Å². The summed E-state index contributed by atoms with van der Waals surface area (Å²) >= 11 is 0. The second-order valence-electron chi connectivity index (χ2n) is 4.43. The van der Waals surface area contributed by atoms with Crippen molar-refractivity contribution >= 4 is 11.5 Å². The summed E-state index contributed by atoms with van der Waals surface area (Å²) in [5.41, 5.74) is 3.09. The van der Waals surface area contributed by atoms with Crippen molar-refractivity contribution in [3.05, 3.63) is 60.0 Å². The number of hydrogen-bond donors (Lipinski definition) is 1. The molecule has 3 rings (SSSR count). The molecule has 0 radical (unpaired) electrons. The Labute approximate surface area is 121 Å². The maximum atomic E-state index is 8.71. The SMILES string of the molecule is Cc1c(Nc2ccc(C#N)nn2)cnn1-c1ccccc1. The first-order valence-electron chi connectivity index (χ1n) is 6.39. The topological polar surface area (TPSA) is 79.4 Å². The van der Waals surface area contributed by atoms with Crippen molar-refractivity contribution in [2.45, 2.75) is 6.92 Å². The van der Waals surface area contributed by atoms with Gasteiger partial charge in [-0.1, -0.05) is 18.2 Å². The van der Waals surface area contributed by atoms with Gasteiger partial charge in [0.25, 0.3) is 0 Å². The number of para-hydroxylation sites is 1. The summed E-state index contributed by atoms with van der Waals surface area (Å²) in [5.74, 6) is 0.574. The minimum Gasteiger partial charge on any atom is -0.336 e. The van der Waals surface area contributed by atoms with Crippen LogP contribution >= 0.6 is 0 Å². The van der Waals surface area contributed by atoms with Crippen molar-refractivity contribution in [2.75, 3.05) is 5.32 Å². The lowest BCUT2D eigenvalue weighted by Crippen LogP contribution is -2.00. The average Bonchev–Trinajstić information content (AvgIpc) is 2.90. The van der Waals surface area contributed by atoms with Crippen molar-refractivity contribution in [1.29, 1.82) is 5.26 Å². The molecule has 0 aliphatic rings. The monoisotopic (exact) mass is 276 g/mol. The smallest absolute Gasteiger partial charge is 0.163 e. The van der Waals surface area contributed by atoms with E-state index in [0.29, 0.717) is 5.82 Å². The van der Waals surface area contributed by atoms with E-state index in [9.17, 15) is 0 Å². The molecule has 0 aliphatic carbocycles. The summed E-state index contributed by atoms with van der Waals surface area (Å²) in [4.78, 5) is 0. The van der Waals surface area contributed by atoms with Gasteiger partial charge in [-0.15, -0.1) is 10.2 Å². The zero-order chi connectivity index (χ0) is 14.7. The second-order valence-corrected chi connectivity index (χ2v) is 4.43. The third-order valence-corrected chi connectivity index (χ3v) is 3.05. The highest BCUT2D eigenvalue weighted by atomic mass is 15.3. The first-order chi connectivity index (χ1) is 10.3. The van der Waals surface area contributed by atoms with E-state index >= 15 is 0 Å². The molecule has 1 aromatic carbocycles. The number of rotatable bonds is 3. The van der Waals surface area contributed by atoms with Crippen LogP contribution in [0.3, 0.4) is 0 Å². The molecule has 0 saturated heterocycles. The van der Waals surface area contributed by atoms with Crippen LogP contribution in [0, 0.1) is 18.3 Å². The second kappa shape index (κ2) is 5.43. The molecule has 0 bridgehead atoms. The molecular weight excluding hydrogens is 264 g/mol. The average molecular weight is 276 g/mol. The fraction of sp³-hybridized carbons (Fsp3) is 0.0667. The number of aromatic nitrogens is 4. The van der Waals surface area contributed by atoms with E-state index in [4.69, 9.17) is 5.26 Å². The Morgan fingerprint density at radius 2 is 1.90 bits per heavy atom. The highest BCUT2D eigenvalue weighted by molar-refractivity contribution is 5.58. The summed E-state index contributed by atoms with van der Waals surface area (Å²) in [6.07, 6.45) is 1.74. The van der Waals surface area contributed by atoms with Gasteiger partial charge in [-0.25, -0.2) is 4.68 Å². The number of nitrogens with one attached hydrogen (secondary N) is 1. The maximum absolute atomic E-state index is 8.71. The Bertz CT molecular complexity index is 783. The molecule has 0 saturated carbocycles. The molecule has 0 fully saturated rings. The molecule has 3 aromatic rings. The Kier molecular flexibility index (Phi) is 3.31. The van der Waals surface area contributed by atoms with Crippen LogP contribution in [0.15, 0.2) is 48.7 Å². The Balaban J connectivity index is 1.87. The highest BCUT2D eigenvalue weighted by Gasteiger charge is 2.08. The van der Waals surface area contributed by atoms with Gasteiger partial charge in [-0.3, -0.25) is 0 Å². The van der Waals surface area contributed by atoms with Crippen LogP contribution in [0.1, 0.15) is 11.4 Å². The van der Waals surface area contributed by atoms with Crippen LogP contribution in [0.4, 0.5) is 11.5 Å². The maximum Gasteiger partial charge on any atom is 0.163 e. The predicted octanol–water partition coefficient (Wildman–Crippen LogP) is 2.59. The van der Waals surface area contributed by atoms with Crippen molar-refractivity contribution < 1.29 is 0 Å². The first kappa shape index (κ1) is 12.8. The number of hydrogen-bond acceptors (Lipinski definition) is 5. The molecule has 2 aromatic heterocycles. The number of anilines is 2. The highest BCUT2D eigenvalue weighted by Crippen LogP contribution is 2.21. The summed E-state index contributed by atoms with van der Waals surface area (Å²) in [6, 6.07) is 15.2. The van der Waals surface area contributed by atoms with Gasteiger partial charge in [-0.05, 0) is 31.2 Å². The lowest BCUT2D eigenvalue weighted by atomic mass is 10.3. The standard InChI is InChI=1S/C15H12N6/c1-11-14(18-15-8-7-12(9-16)19-20-15)10-17-21(11)13-5-3-2-4-6-13/h2-8,10H,1H3,(H,18,20). The van der Waals surface area contributed by atoms with Gasteiger partial charge in [0.1, 0.15) is 6.07 Å². The molecule has 0 amide bonds. The van der Waals surface area contributed by atoms with Crippen molar-refractivity contribution in [3.8, 4) is 11.8 Å². The molecular formula is C15H12N6. The molecule has 0 aliphatic heterocycles. The van der Waals surface area contributed by atoms with E-state index in [1.807, 2.05) is 48.0 Å². The van der Waals surface area contributed by atoms with E-state index < -0.39 is 0 Å². The van der Waals surface area contributed by atoms with E-state index in [2.05, 4.69) is 20.6 Å². The van der Waals surface area contributed by atoms with Gasteiger partial charge in [0.05, 0.1) is 23.3 Å². The molecule has 6 nitrogen and oxygen atoms in total. The van der Waals surface area contributed by atoms with Gasteiger partial charge in [-0.2, -0.15) is 10.4 Å². The van der Waals surface area contributed by atoms with Crippen LogP contribution in [-0.2, 0) is 0 Å². The number of nitrogens with zero attached hydrogens (tertiary/aromatic N) is 5.